The predicted octanol–water partition coefficient (Wildman–Crippen LogP) is 0.886. The van der Waals surface area contributed by atoms with Gasteiger partial charge in [0.1, 0.15) is 6.04 Å². The maximum atomic E-state index is 12.0. The van der Waals surface area contributed by atoms with E-state index in [1.165, 1.54) is 19.3 Å². The van der Waals surface area contributed by atoms with Crippen LogP contribution in [-0.2, 0) is 9.59 Å². The van der Waals surface area contributed by atoms with Gasteiger partial charge >= 0.3 is 5.97 Å². The van der Waals surface area contributed by atoms with Crippen LogP contribution in [0.15, 0.2) is 0 Å². The van der Waals surface area contributed by atoms with Crippen LogP contribution in [0, 0.1) is 5.92 Å². The maximum Gasteiger partial charge on any atom is 0.326 e. The monoisotopic (exact) mass is 254 g/mol. The van der Waals surface area contributed by atoms with Crippen LogP contribution in [0.5, 0.6) is 0 Å². The molecular formula is C13H22N2O3. The summed E-state index contributed by atoms with van der Waals surface area (Å²) in [5.41, 5.74) is 0. The number of carboxylic acids is 1. The lowest BCUT2D eigenvalue weighted by Crippen LogP contribution is -2.49. The van der Waals surface area contributed by atoms with E-state index < -0.39 is 12.0 Å². The first kappa shape index (κ1) is 13.3. The molecule has 0 radical (unpaired) electrons. The normalized spacial score (nSPS) is 32.6. The maximum absolute atomic E-state index is 12.0. The first-order chi connectivity index (χ1) is 8.61. The molecule has 18 heavy (non-hydrogen) atoms. The van der Waals surface area contributed by atoms with Gasteiger partial charge in [0.25, 0.3) is 0 Å². The van der Waals surface area contributed by atoms with Crippen LogP contribution in [0.25, 0.3) is 0 Å². The lowest BCUT2D eigenvalue weighted by Gasteiger charge is -2.24. The molecule has 0 aromatic heterocycles. The van der Waals surface area contributed by atoms with Crippen LogP contribution in [0.3, 0.4) is 0 Å². The smallest absolute Gasteiger partial charge is 0.326 e. The minimum atomic E-state index is -0.957. The highest BCUT2D eigenvalue weighted by molar-refractivity contribution is 5.87. The molecule has 1 saturated heterocycles. The third-order valence-electron chi connectivity index (χ3n) is 4.20. The van der Waals surface area contributed by atoms with Crippen molar-refractivity contribution in [3.8, 4) is 0 Å². The largest absolute Gasteiger partial charge is 0.480 e. The van der Waals surface area contributed by atoms with Crippen molar-refractivity contribution in [3.63, 3.8) is 0 Å². The minimum Gasteiger partial charge on any atom is -0.480 e. The third kappa shape index (κ3) is 2.83. The van der Waals surface area contributed by atoms with Gasteiger partial charge in [0.2, 0.25) is 5.91 Å². The zero-order chi connectivity index (χ0) is 13.1. The van der Waals surface area contributed by atoms with Gasteiger partial charge < -0.3 is 15.7 Å². The summed E-state index contributed by atoms with van der Waals surface area (Å²) < 4.78 is 0. The fourth-order valence-electron chi connectivity index (χ4n) is 3.13. The topological polar surface area (TPSA) is 78.4 Å². The summed E-state index contributed by atoms with van der Waals surface area (Å²) in [5.74, 6) is -0.515. The molecule has 5 nitrogen and oxygen atoms in total. The molecule has 3 N–H and O–H groups in total. The number of nitrogens with one attached hydrogen (secondary N) is 2. The Morgan fingerprint density at radius 2 is 2.11 bits per heavy atom. The molecule has 0 aromatic rings. The quantitative estimate of drug-likeness (QED) is 0.696. The van der Waals surface area contributed by atoms with Gasteiger partial charge in [-0.2, -0.15) is 0 Å². The molecule has 4 unspecified atom stereocenters. The molecule has 4 atom stereocenters. The van der Waals surface area contributed by atoms with Crippen molar-refractivity contribution >= 4 is 11.9 Å². The number of carbonyl (C=O) groups excluding carboxylic acids is 1. The Bertz CT molecular complexity index is 318. The second-order valence-corrected chi connectivity index (χ2v) is 5.41. The van der Waals surface area contributed by atoms with Gasteiger partial charge in [0, 0.05) is 6.04 Å². The summed E-state index contributed by atoms with van der Waals surface area (Å²) in [6.45, 7) is 1.76. The third-order valence-corrected chi connectivity index (χ3v) is 4.20. The van der Waals surface area contributed by atoms with Crippen molar-refractivity contribution in [1.82, 2.24) is 10.6 Å². The summed E-state index contributed by atoms with van der Waals surface area (Å²) in [6.07, 6.45) is 6.09. The van der Waals surface area contributed by atoms with Crippen molar-refractivity contribution in [2.75, 3.05) is 0 Å². The number of fused-ring (bicyclic) bond motifs is 1. The molecule has 2 aliphatic rings. The van der Waals surface area contributed by atoms with Crippen LogP contribution in [-0.4, -0.2) is 35.1 Å². The zero-order valence-corrected chi connectivity index (χ0v) is 10.8. The Morgan fingerprint density at radius 3 is 2.72 bits per heavy atom. The van der Waals surface area contributed by atoms with E-state index in [-0.39, 0.29) is 11.9 Å². The van der Waals surface area contributed by atoms with Crippen LogP contribution >= 0.6 is 0 Å². The second kappa shape index (κ2) is 5.69. The van der Waals surface area contributed by atoms with Gasteiger partial charge in [-0.15, -0.1) is 0 Å². The lowest BCUT2D eigenvalue weighted by molar-refractivity contribution is -0.142. The summed E-state index contributed by atoms with van der Waals surface area (Å²) in [4.78, 5) is 22.9. The highest BCUT2D eigenvalue weighted by Gasteiger charge is 2.38. The number of aliphatic carboxylic acids is 1. The molecule has 0 aromatic carbocycles. The van der Waals surface area contributed by atoms with Gasteiger partial charge in [0.05, 0.1) is 6.04 Å². The minimum absolute atomic E-state index is 0.154. The van der Waals surface area contributed by atoms with Crippen LogP contribution in [0.4, 0.5) is 0 Å². The molecule has 2 rings (SSSR count). The van der Waals surface area contributed by atoms with E-state index >= 15 is 0 Å². The molecule has 1 amide bonds. The molecule has 0 bridgehead atoms. The number of hydrogen-bond acceptors (Lipinski definition) is 3. The molecule has 102 valence electrons. The van der Waals surface area contributed by atoms with E-state index in [1.807, 2.05) is 0 Å². The van der Waals surface area contributed by atoms with E-state index in [0.29, 0.717) is 18.4 Å². The zero-order valence-electron chi connectivity index (χ0n) is 10.8. The first-order valence-corrected chi connectivity index (χ1v) is 6.91. The predicted molar refractivity (Wildman–Crippen MR) is 67.1 cm³/mol. The highest BCUT2D eigenvalue weighted by Crippen LogP contribution is 2.33. The van der Waals surface area contributed by atoms with Gasteiger partial charge in [-0.1, -0.05) is 19.8 Å². The Morgan fingerprint density at radius 1 is 1.39 bits per heavy atom. The SMILES string of the molecule is CCC(NC(=O)C1CC2CCCCC2N1)C(=O)O. The molecule has 0 spiro atoms. The first-order valence-electron chi connectivity index (χ1n) is 6.91. The second-order valence-electron chi connectivity index (χ2n) is 5.41. The van der Waals surface area contributed by atoms with Crippen molar-refractivity contribution in [2.24, 2.45) is 5.92 Å². The van der Waals surface area contributed by atoms with Crippen LogP contribution in [0.1, 0.15) is 45.4 Å². The highest BCUT2D eigenvalue weighted by atomic mass is 16.4. The number of carboxylic acid groups (broad SMARTS) is 1. The van der Waals surface area contributed by atoms with Crippen molar-refractivity contribution in [1.29, 1.82) is 0 Å². The van der Waals surface area contributed by atoms with E-state index in [4.69, 9.17) is 5.11 Å². The van der Waals surface area contributed by atoms with Crippen molar-refractivity contribution in [2.45, 2.75) is 63.6 Å². The summed E-state index contributed by atoms with van der Waals surface area (Å²) >= 11 is 0. The van der Waals surface area contributed by atoms with Crippen LogP contribution < -0.4 is 10.6 Å². The van der Waals surface area contributed by atoms with E-state index in [0.717, 1.165) is 12.8 Å². The van der Waals surface area contributed by atoms with Gasteiger partial charge in [-0.05, 0) is 31.6 Å². The fourth-order valence-corrected chi connectivity index (χ4v) is 3.13. The number of amides is 1. The fraction of sp³-hybridized carbons (Fsp3) is 0.846. The molecule has 1 heterocycles. The summed E-state index contributed by atoms with van der Waals surface area (Å²) in [6, 6.07) is -0.507. The van der Waals surface area contributed by atoms with Gasteiger partial charge in [-0.3, -0.25) is 4.79 Å². The Labute approximate surface area is 107 Å². The lowest BCUT2D eigenvalue weighted by atomic mass is 9.85. The molecule has 1 saturated carbocycles. The summed E-state index contributed by atoms with van der Waals surface area (Å²) in [5, 5.41) is 14.9. The van der Waals surface area contributed by atoms with E-state index in [1.54, 1.807) is 6.92 Å². The number of carbonyl (C=O) groups is 2. The van der Waals surface area contributed by atoms with Gasteiger partial charge in [0.15, 0.2) is 0 Å². The molecule has 1 aliphatic carbocycles. The average Bonchev–Trinajstić information content (AvgIpc) is 2.79. The Kier molecular flexibility index (Phi) is 4.22. The Balaban J connectivity index is 1.88. The van der Waals surface area contributed by atoms with Gasteiger partial charge in [-0.25, -0.2) is 4.79 Å². The Hall–Kier alpha value is -1.10. The molecule has 5 heteroatoms. The molecule has 2 fully saturated rings. The molecular weight excluding hydrogens is 232 g/mol. The number of hydrogen-bond donors (Lipinski definition) is 3. The average molecular weight is 254 g/mol. The summed E-state index contributed by atoms with van der Waals surface area (Å²) in [7, 11) is 0. The standard InChI is InChI=1S/C13H22N2O3/c1-2-9(13(17)18)15-12(16)11-7-8-5-3-4-6-10(8)14-11/h8-11,14H,2-7H2,1H3,(H,15,16)(H,17,18). The van der Waals surface area contributed by atoms with E-state index in [2.05, 4.69) is 10.6 Å². The van der Waals surface area contributed by atoms with Crippen LogP contribution in [0.2, 0.25) is 0 Å². The number of rotatable bonds is 4. The molecule has 1 aliphatic heterocycles. The van der Waals surface area contributed by atoms with E-state index in [9.17, 15) is 9.59 Å². The van der Waals surface area contributed by atoms with Crippen molar-refractivity contribution in [3.05, 3.63) is 0 Å². The van der Waals surface area contributed by atoms with Crippen molar-refractivity contribution < 1.29 is 14.7 Å².